The van der Waals surface area contributed by atoms with E-state index in [4.69, 9.17) is 22.4 Å². The van der Waals surface area contributed by atoms with E-state index in [1.54, 1.807) is 54.6 Å². The van der Waals surface area contributed by atoms with Gasteiger partial charge in [-0.25, -0.2) is 9.59 Å². The van der Waals surface area contributed by atoms with Gasteiger partial charge in [0.05, 0.1) is 12.2 Å². The number of esters is 2. The van der Waals surface area contributed by atoms with Gasteiger partial charge < -0.3 is 22.4 Å². The van der Waals surface area contributed by atoms with Crippen LogP contribution in [0.5, 0.6) is 17.2 Å². The average molecular weight is 697 g/mol. The van der Waals surface area contributed by atoms with Crippen molar-refractivity contribution in [2.24, 2.45) is 0 Å². The SMILES string of the molecule is C[Si](C)(C)O[Si](C)(C)O[Si](C)(C)CCCCCCCCCCCOc1ccc(C(=O)Oc2ccc(OC(=O)C3=CC=CC3)cc2)cc1. The van der Waals surface area contributed by atoms with Crippen molar-refractivity contribution in [1.29, 1.82) is 0 Å². The van der Waals surface area contributed by atoms with Gasteiger partial charge in [-0.05, 0) is 113 Å². The van der Waals surface area contributed by atoms with Crippen molar-refractivity contribution in [2.75, 3.05) is 6.61 Å². The van der Waals surface area contributed by atoms with E-state index in [1.165, 1.54) is 51.0 Å². The summed E-state index contributed by atoms with van der Waals surface area (Å²) in [5.74, 6) is 0.671. The van der Waals surface area contributed by atoms with E-state index in [0.29, 0.717) is 35.7 Å². The Bertz CT molecular complexity index is 1330. The Morgan fingerprint density at radius 3 is 1.66 bits per heavy atom. The summed E-state index contributed by atoms with van der Waals surface area (Å²) in [5.41, 5.74) is 1.04. The molecule has 2 aromatic rings. The van der Waals surface area contributed by atoms with E-state index in [0.717, 1.165) is 18.6 Å². The molecule has 0 unspecified atom stereocenters. The van der Waals surface area contributed by atoms with Gasteiger partial charge in [0.15, 0.2) is 16.6 Å². The lowest BCUT2D eigenvalue weighted by atomic mass is 10.1. The molecule has 7 nitrogen and oxygen atoms in total. The molecule has 0 fully saturated rings. The molecule has 0 atom stereocenters. The summed E-state index contributed by atoms with van der Waals surface area (Å²) in [6.07, 6.45) is 17.2. The van der Waals surface area contributed by atoms with E-state index < -0.39 is 31.2 Å². The number of hydrogen-bond acceptors (Lipinski definition) is 7. The number of carbonyl (C=O) groups is 2. The van der Waals surface area contributed by atoms with Crippen molar-refractivity contribution < 1.29 is 32.0 Å². The first-order valence-electron chi connectivity index (χ1n) is 17.2. The highest BCUT2D eigenvalue weighted by molar-refractivity contribution is 6.87. The van der Waals surface area contributed by atoms with Crippen LogP contribution in [0.15, 0.2) is 72.3 Å². The van der Waals surface area contributed by atoms with Gasteiger partial charge in [-0.3, -0.25) is 0 Å². The van der Waals surface area contributed by atoms with Gasteiger partial charge in [-0.2, -0.15) is 0 Å². The fourth-order valence-corrected chi connectivity index (χ4v) is 19.0. The number of rotatable bonds is 21. The second-order valence-electron chi connectivity index (χ2n) is 14.4. The Labute approximate surface area is 286 Å². The number of carbonyl (C=O) groups excluding carboxylic acids is 2. The zero-order valence-corrected chi connectivity index (χ0v) is 32.7. The van der Waals surface area contributed by atoms with E-state index >= 15 is 0 Å². The first-order valence-corrected chi connectivity index (χ1v) is 26.6. The van der Waals surface area contributed by atoms with Gasteiger partial charge >= 0.3 is 20.5 Å². The normalized spacial score (nSPS) is 13.4. The van der Waals surface area contributed by atoms with Crippen LogP contribution < -0.4 is 14.2 Å². The molecular weight excluding hydrogens is 641 g/mol. The van der Waals surface area contributed by atoms with Crippen molar-refractivity contribution in [2.45, 2.75) is 116 Å². The lowest BCUT2D eigenvalue weighted by Crippen LogP contribution is -2.51. The zero-order valence-electron chi connectivity index (χ0n) is 29.7. The Morgan fingerprint density at radius 2 is 1.13 bits per heavy atom. The summed E-state index contributed by atoms with van der Waals surface area (Å²) < 4.78 is 29.7. The third kappa shape index (κ3) is 15.8. The molecule has 0 bridgehead atoms. The molecule has 1 aliphatic carbocycles. The number of hydrogen-bond donors (Lipinski definition) is 0. The van der Waals surface area contributed by atoms with Crippen LogP contribution in [-0.2, 0) is 13.0 Å². The quantitative estimate of drug-likeness (QED) is 0.0556. The molecule has 0 aliphatic heterocycles. The number of unbranched alkanes of at least 4 members (excludes halogenated alkanes) is 8. The summed E-state index contributed by atoms with van der Waals surface area (Å²) in [7, 11) is -5.28. The maximum Gasteiger partial charge on any atom is 0.343 e. The van der Waals surface area contributed by atoms with Gasteiger partial charge in [0.1, 0.15) is 17.2 Å². The second-order valence-corrected chi connectivity index (χ2v) is 27.0. The van der Waals surface area contributed by atoms with Gasteiger partial charge in [-0.15, -0.1) is 0 Å². The van der Waals surface area contributed by atoms with Crippen LogP contribution in [-0.4, -0.2) is 43.7 Å². The Kier molecular flexibility index (Phi) is 15.4. The molecule has 0 saturated carbocycles. The lowest BCUT2D eigenvalue weighted by Gasteiger charge is -2.37. The molecule has 258 valence electrons. The average Bonchev–Trinajstić information content (AvgIpc) is 3.53. The highest BCUT2D eigenvalue weighted by Crippen LogP contribution is 2.25. The lowest BCUT2D eigenvalue weighted by molar-refractivity contribution is -0.130. The fraction of sp³-hybridized carbons (Fsp3) is 0.514. The molecule has 47 heavy (non-hydrogen) atoms. The monoisotopic (exact) mass is 696 g/mol. The molecule has 0 heterocycles. The topological polar surface area (TPSA) is 80.3 Å². The molecule has 3 rings (SSSR count). The summed E-state index contributed by atoms with van der Waals surface area (Å²) in [6, 6.07) is 14.7. The summed E-state index contributed by atoms with van der Waals surface area (Å²) in [6.45, 7) is 16.5. The van der Waals surface area contributed by atoms with E-state index in [9.17, 15) is 9.59 Å². The van der Waals surface area contributed by atoms with Gasteiger partial charge in [0, 0.05) is 5.57 Å². The van der Waals surface area contributed by atoms with Crippen LogP contribution in [0.2, 0.25) is 51.9 Å². The molecule has 0 aromatic heterocycles. The van der Waals surface area contributed by atoms with Crippen LogP contribution in [0.3, 0.4) is 0 Å². The number of allylic oxidation sites excluding steroid dienone is 3. The van der Waals surface area contributed by atoms with Crippen LogP contribution in [0.25, 0.3) is 0 Å². The molecular formula is C37H56O7Si3. The van der Waals surface area contributed by atoms with E-state index in [1.807, 2.05) is 12.2 Å². The molecule has 0 amide bonds. The van der Waals surface area contributed by atoms with E-state index in [-0.39, 0.29) is 5.97 Å². The smallest absolute Gasteiger partial charge is 0.343 e. The molecule has 2 aromatic carbocycles. The molecule has 0 spiro atoms. The second kappa shape index (κ2) is 18.7. The van der Waals surface area contributed by atoms with Crippen molar-refractivity contribution in [3.8, 4) is 17.2 Å². The zero-order chi connectivity index (χ0) is 34.3. The highest BCUT2D eigenvalue weighted by atomic mass is 28.5. The maximum atomic E-state index is 12.6. The fourth-order valence-electron chi connectivity index (χ4n) is 5.75. The maximum absolute atomic E-state index is 12.6. The number of benzene rings is 2. The van der Waals surface area contributed by atoms with Gasteiger partial charge in [0.2, 0.25) is 0 Å². The first-order chi connectivity index (χ1) is 22.2. The van der Waals surface area contributed by atoms with Crippen molar-refractivity contribution in [1.82, 2.24) is 0 Å². The standard InChI is InChI=1S/C37H56O7Si3/c1-45(2,3)43-47(6,7)44-46(4,5)30-18-14-12-10-8-9-11-13-17-29-40-33-23-21-32(22-24-33)37(39)42-35-27-25-34(26-28-35)41-36(38)31-19-15-16-20-31/h15-16,19,21-28H,8-14,17-18,20,29-30H2,1-7H3. The summed E-state index contributed by atoms with van der Waals surface area (Å²) in [4.78, 5) is 24.7. The molecule has 10 heteroatoms. The van der Waals surface area contributed by atoms with Crippen LogP contribution in [0.4, 0.5) is 0 Å². The summed E-state index contributed by atoms with van der Waals surface area (Å²) in [5, 5.41) is 0. The summed E-state index contributed by atoms with van der Waals surface area (Å²) >= 11 is 0. The minimum atomic E-state index is -2.03. The third-order valence-electron chi connectivity index (χ3n) is 7.63. The Balaban J connectivity index is 1.20. The molecule has 0 radical (unpaired) electrons. The molecule has 1 aliphatic rings. The van der Waals surface area contributed by atoms with Gasteiger partial charge in [-0.1, -0.05) is 69.6 Å². The molecule has 0 N–H and O–H groups in total. The van der Waals surface area contributed by atoms with E-state index in [2.05, 4.69) is 45.8 Å². The predicted octanol–water partition coefficient (Wildman–Crippen LogP) is 10.4. The van der Waals surface area contributed by atoms with Gasteiger partial charge in [0.25, 0.3) is 0 Å². The number of ether oxygens (including phenoxy) is 3. The first kappa shape index (κ1) is 38.7. The van der Waals surface area contributed by atoms with Crippen LogP contribution in [0.1, 0.15) is 74.6 Å². The van der Waals surface area contributed by atoms with Crippen LogP contribution >= 0.6 is 0 Å². The minimum absolute atomic E-state index is 0.373. The minimum Gasteiger partial charge on any atom is -0.494 e. The molecule has 0 saturated heterocycles. The van der Waals surface area contributed by atoms with Crippen molar-refractivity contribution >= 4 is 37.1 Å². The predicted molar refractivity (Wildman–Crippen MR) is 198 cm³/mol. The largest absolute Gasteiger partial charge is 0.494 e. The Hall–Kier alpha value is -2.77. The van der Waals surface area contributed by atoms with Crippen molar-refractivity contribution in [3.63, 3.8) is 0 Å². The van der Waals surface area contributed by atoms with Crippen molar-refractivity contribution in [3.05, 3.63) is 77.9 Å². The Morgan fingerprint density at radius 1 is 0.617 bits per heavy atom. The third-order valence-corrected chi connectivity index (χ3v) is 17.8. The highest BCUT2D eigenvalue weighted by Gasteiger charge is 2.37. The van der Waals surface area contributed by atoms with Crippen LogP contribution in [0, 0.1) is 0 Å².